The molecule has 0 aliphatic carbocycles. The molecule has 5 nitrogen and oxygen atoms in total. The molecule has 26 heavy (non-hydrogen) atoms. The summed E-state index contributed by atoms with van der Waals surface area (Å²) in [4.78, 5) is 4.39. The fraction of sp³-hybridized carbons (Fsp3) is 0.278. The Morgan fingerprint density at radius 3 is 2.58 bits per heavy atom. The summed E-state index contributed by atoms with van der Waals surface area (Å²) in [6.07, 6.45) is 1.66. The van der Waals surface area contributed by atoms with Crippen molar-refractivity contribution >= 4 is 48.6 Å². The van der Waals surface area contributed by atoms with E-state index >= 15 is 0 Å². The van der Waals surface area contributed by atoms with Crippen LogP contribution in [0.5, 0.6) is 0 Å². The van der Waals surface area contributed by atoms with E-state index in [4.69, 9.17) is 11.6 Å². The SMILES string of the molecule is CCCC(O)c1cc2c(Cl)c(Br)cnc2n1S(=O)(=O)c1ccc(C)cc1. The van der Waals surface area contributed by atoms with E-state index < -0.39 is 16.1 Å². The highest BCUT2D eigenvalue weighted by molar-refractivity contribution is 9.10. The Hall–Kier alpha value is -1.41. The number of nitrogens with zero attached hydrogens (tertiary/aromatic N) is 2. The molecular formula is C18H18BrClN2O3S. The van der Waals surface area contributed by atoms with Crippen LogP contribution in [0.2, 0.25) is 5.02 Å². The van der Waals surface area contributed by atoms with Gasteiger partial charge in [0.25, 0.3) is 10.0 Å². The minimum absolute atomic E-state index is 0.131. The van der Waals surface area contributed by atoms with Crippen LogP contribution in [0.3, 0.4) is 0 Å². The first-order chi connectivity index (χ1) is 12.3. The predicted octanol–water partition coefficient (Wildman–Crippen LogP) is 4.83. The van der Waals surface area contributed by atoms with Gasteiger partial charge in [0.1, 0.15) is 0 Å². The summed E-state index contributed by atoms with van der Waals surface area (Å²) in [5.41, 5.74) is 1.41. The summed E-state index contributed by atoms with van der Waals surface area (Å²) < 4.78 is 28.3. The standard InChI is InChI=1S/C18H18BrClN2O3S/c1-3-4-16(23)15-9-13-17(20)14(19)10-21-18(13)22(15)26(24,25)12-7-5-11(2)6-8-12/h5-10,16,23H,3-4H2,1-2H3. The number of hydrogen-bond acceptors (Lipinski definition) is 4. The Labute approximate surface area is 165 Å². The van der Waals surface area contributed by atoms with E-state index in [-0.39, 0.29) is 16.2 Å². The summed E-state index contributed by atoms with van der Waals surface area (Å²) in [7, 11) is -3.94. The molecule has 2 aromatic heterocycles. The Morgan fingerprint density at radius 2 is 1.96 bits per heavy atom. The van der Waals surface area contributed by atoms with Crippen molar-refractivity contribution in [1.82, 2.24) is 8.96 Å². The summed E-state index contributed by atoms with van der Waals surface area (Å²) >= 11 is 9.64. The number of hydrogen-bond donors (Lipinski definition) is 1. The highest BCUT2D eigenvalue weighted by Crippen LogP contribution is 2.36. The van der Waals surface area contributed by atoms with Crippen LogP contribution in [-0.2, 0) is 10.0 Å². The van der Waals surface area contributed by atoms with Crippen molar-refractivity contribution in [3.8, 4) is 0 Å². The monoisotopic (exact) mass is 456 g/mol. The molecule has 1 aromatic carbocycles. The average molecular weight is 458 g/mol. The lowest BCUT2D eigenvalue weighted by atomic mass is 10.1. The molecule has 0 aliphatic heterocycles. The molecule has 8 heteroatoms. The van der Waals surface area contributed by atoms with Gasteiger partial charge in [-0.05, 0) is 47.5 Å². The second-order valence-corrected chi connectivity index (χ2v) is 9.13. The predicted molar refractivity (Wildman–Crippen MR) is 106 cm³/mol. The fourth-order valence-electron chi connectivity index (χ4n) is 2.81. The van der Waals surface area contributed by atoms with Crippen LogP contribution in [-0.4, -0.2) is 22.5 Å². The molecule has 0 bridgehead atoms. The molecule has 1 N–H and O–H groups in total. The molecule has 1 atom stereocenters. The molecule has 1 unspecified atom stereocenters. The number of halogens is 2. The first kappa shape index (κ1) is 19.4. The van der Waals surface area contributed by atoms with Gasteiger partial charge >= 0.3 is 0 Å². The third-order valence-corrected chi connectivity index (χ3v) is 7.14. The lowest BCUT2D eigenvalue weighted by Gasteiger charge is -2.15. The minimum Gasteiger partial charge on any atom is -0.387 e. The Kier molecular flexibility index (Phi) is 5.44. The van der Waals surface area contributed by atoms with Crippen LogP contribution in [0.1, 0.15) is 37.1 Å². The second kappa shape index (κ2) is 7.31. The summed E-state index contributed by atoms with van der Waals surface area (Å²) in [5.74, 6) is 0. The summed E-state index contributed by atoms with van der Waals surface area (Å²) in [5, 5.41) is 11.4. The highest BCUT2D eigenvalue weighted by atomic mass is 79.9. The van der Waals surface area contributed by atoms with E-state index in [9.17, 15) is 13.5 Å². The van der Waals surface area contributed by atoms with E-state index in [1.54, 1.807) is 30.3 Å². The molecule has 0 fully saturated rings. The van der Waals surface area contributed by atoms with E-state index in [0.717, 1.165) is 9.54 Å². The van der Waals surface area contributed by atoms with Crippen LogP contribution in [0.15, 0.2) is 45.9 Å². The molecule has 0 aliphatic rings. The van der Waals surface area contributed by atoms with Crippen LogP contribution in [0.25, 0.3) is 11.0 Å². The van der Waals surface area contributed by atoms with Gasteiger partial charge in [0.2, 0.25) is 0 Å². The number of rotatable bonds is 5. The Morgan fingerprint density at radius 1 is 1.31 bits per heavy atom. The lowest BCUT2D eigenvalue weighted by Crippen LogP contribution is -2.18. The van der Waals surface area contributed by atoms with Crippen molar-refractivity contribution < 1.29 is 13.5 Å². The second-order valence-electron chi connectivity index (χ2n) is 6.11. The molecule has 3 aromatic rings. The number of pyridine rings is 1. The normalized spacial score (nSPS) is 13.3. The van der Waals surface area contributed by atoms with Gasteiger partial charge in [-0.1, -0.05) is 42.6 Å². The molecule has 0 radical (unpaired) electrons. The fourth-order valence-corrected chi connectivity index (χ4v) is 4.83. The number of benzene rings is 1. The molecule has 0 saturated carbocycles. The maximum absolute atomic E-state index is 13.3. The van der Waals surface area contributed by atoms with E-state index in [1.165, 1.54) is 6.20 Å². The topological polar surface area (TPSA) is 72.2 Å². The maximum Gasteiger partial charge on any atom is 0.269 e. The highest BCUT2D eigenvalue weighted by Gasteiger charge is 2.28. The minimum atomic E-state index is -3.94. The van der Waals surface area contributed by atoms with Crippen molar-refractivity contribution in [3.63, 3.8) is 0 Å². The van der Waals surface area contributed by atoms with Crippen molar-refractivity contribution in [3.05, 3.63) is 57.3 Å². The van der Waals surface area contributed by atoms with E-state index in [0.29, 0.717) is 27.7 Å². The van der Waals surface area contributed by atoms with Gasteiger partial charge in [-0.25, -0.2) is 17.4 Å². The molecule has 2 heterocycles. The average Bonchev–Trinajstić information content (AvgIpc) is 3.00. The largest absolute Gasteiger partial charge is 0.387 e. The van der Waals surface area contributed by atoms with Crippen LogP contribution in [0, 0.1) is 6.92 Å². The molecule has 0 amide bonds. The first-order valence-corrected chi connectivity index (χ1v) is 10.7. The number of aromatic nitrogens is 2. The first-order valence-electron chi connectivity index (χ1n) is 8.13. The molecule has 138 valence electrons. The number of aliphatic hydroxyl groups is 1. The van der Waals surface area contributed by atoms with Gasteiger partial charge < -0.3 is 5.11 Å². The van der Waals surface area contributed by atoms with Gasteiger partial charge in [-0.3, -0.25) is 0 Å². The number of aryl methyl sites for hydroxylation is 1. The molecule has 3 rings (SSSR count). The zero-order valence-corrected chi connectivity index (χ0v) is 17.4. The Bertz CT molecular complexity index is 1060. The lowest BCUT2D eigenvalue weighted by molar-refractivity contribution is 0.161. The third kappa shape index (κ3) is 3.29. The number of fused-ring (bicyclic) bond motifs is 1. The van der Waals surface area contributed by atoms with Gasteiger partial charge in [0, 0.05) is 11.6 Å². The van der Waals surface area contributed by atoms with E-state index in [1.807, 2.05) is 13.8 Å². The van der Waals surface area contributed by atoms with Gasteiger partial charge in [-0.2, -0.15) is 0 Å². The molecule has 0 saturated heterocycles. The zero-order chi connectivity index (χ0) is 19.1. The van der Waals surface area contributed by atoms with Crippen molar-refractivity contribution in [2.75, 3.05) is 0 Å². The van der Waals surface area contributed by atoms with Crippen LogP contribution < -0.4 is 0 Å². The van der Waals surface area contributed by atoms with E-state index in [2.05, 4.69) is 20.9 Å². The molecular weight excluding hydrogens is 440 g/mol. The Balaban J connectivity index is 2.34. The van der Waals surface area contributed by atoms with Gasteiger partial charge in [0.15, 0.2) is 5.65 Å². The van der Waals surface area contributed by atoms with Gasteiger partial charge in [0.05, 0.1) is 26.2 Å². The maximum atomic E-state index is 13.3. The number of aliphatic hydroxyl groups excluding tert-OH is 1. The van der Waals surface area contributed by atoms with Crippen LogP contribution >= 0.6 is 27.5 Å². The third-order valence-electron chi connectivity index (χ3n) is 4.17. The zero-order valence-electron chi connectivity index (χ0n) is 14.3. The smallest absolute Gasteiger partial charge is 0.269 e. The van der Waals surface area contributed by atoms with Crippen molar-refractivity contribution in [2.45, 2.75) is 37.7 Å². The molecule has 0 spiro atoms. The van der Waals surface area contributed by atoms with Crippen LogP contribution in [0.4, 0.5) is 0 Å². The summed E-state index contributed by atoms with van der Waals surface area (Å²) in [6.45, 7) is 3.81. The van der Waals surface area contributed by atoms with Crippen molar-refractivity contribution in [2.24, 2.45) is 0 Å². The van der Waals surface area contributed by atoms with Gasteiger partial charge in [-0.15, -0.1) is 0 Å². The summed E-state index contributed by atoms with van der Waals surface area (Å²) in [6, 6.07) is 8.16. The quantitative estimate of drug-likeness (QED) is 0.595. The van der Waals surface area contributed by atoms with Crippen molar-refractivity contribution in [1.29, 1.82) is 0 Å².